The number of anilines is 2. The highest BCUT2D eigenvalue weighted by Crippen LogP contribution is 2.26. The number of pyridine rings is 2. The number of hydrogen-bond donors (Lipinski definition) is 0. The molecule has 3 rings (SSSR count). The van der Waals surface area contributed by atoms with E-state index in [1.54, 1.807) is 0 Å². The molecule has 0 aliphatic carbocycles. The van der Waals surface area contributed by atoms with Gasteiger partial charge in [-0.25, -0.2) is 0 Å². The van der Waals surface area contributed by atoms with E-state index in [9.17, 15) is 0 Å². The lowest BCUT2D eigenvalue weighted by Crippen LogP contribution is -2.52. The molecule has 2 aromatic rings. The Hall–Kier alpha value is -2.82. The van der Waals surface area contributed by atoms with Crippen LogP contribution in [0.15, 0.2) is 61.2 Å². The zero-order valence-electron chi connectivity index (χ0n) is 17.9. The molecule has 0 saturated carbocycles. The highest BCUT2D eigenvalue weighted by Gasteiger charge is 2.25. The van der Waals surface area contributed by atoms with Crippen LogP contribution in [0.3, 0.4) is 0 Å². The van der Waals surface area contributed by atoms with Gasteiger partial charge in [0.15, 0.2) is 0 Å². The molecule has 0 N–H and O–H groups in total. The first-order valence-corrected chi connectivity index (χ1v) is 10.6. The summed E-state index contributed by atoms with van der Waals surface area (Å²) in [6.07, 6.45) is 16.5. The van der Waals surface area contributed by atoms with E-state index in [2.05, 4.69) is 88.2 Å². The summed E-state index contributed by atoms with van der Waals surface area (Å²) < 4.78 is 0. The molecule has 2 aromatic heterocycles. The topological polar surface area (TPSA) is 35.5 Å². The van der Waals surface area contributed by atoms with Crippen LogP contribution in [-0.2, 0) is 0 Å². The van der Waals surface area contributed by atoms with Gasteiger partial charge in [-0.3, -0.25) is 9.97 Å². The smallest absolute Gasteiger partial charge is 0.0859 e. The van der Waals surface area contributed by atoms with Crippen LogP contribution in [0.2, 0.25) is 0 Å². The van der Waals surface area contributed by atoms with Crippen LogP contribution in [-0.4, -0.2) is 54.1 Å². The second-order valence-electron chi connectivity index (χ2n) is 7.54. The first kappa shape index (κ1) is 20.9. The first-order chi connectivity index (χ1) is 14.2. The number of unbranched alkanes of at least 4 members (excludes halogenated alkanes) is 1. The quantitative estimate of drug-likeness (QED) is 0.621. The second kappa shape index (κ2) is 10.6. The van der Waals surface area contributed by atoms with Crippen LogP contribution in [0, 0.1) is 0 Å². The van der Waals surface area contributed by atoms with Crippen molar-refractivity contribution in [3.63, 3.8) is 0 Å². The third-order valence-corrected chi connectivity index (χ3v) is 5.41. The van der Waals surface area contributed by atoms with Crippen molar-refractivity contribution < 1.29 is 0 Å². The Labute approximate surface area is 175 Å². The number of hydrogen-bond acceptors (Lipinski definition) is 5. The van der Waals surface area contributed by atoms with E-state index >= 15 is 0 Å². The molecular weight excluding hydrogens is 358 g/mol. The van der Waals surface area contributed by atoms with Gasteiger partial charge in [0.05, 0.1) is 11.4 Å². The fourth-order valence-corrected chi connectivity index (χ4v) is 3.65. The van der Waals surface area contributed by atoms with Crippen molar-refractivity contribution in [3.8, 4) is 0 Å². The van der Waals surface area contributed by atoms with Gasteiger partial charge in [-0.05, 0) is 63.2 Å². The Morgan fingerprint density at radius 1 is 1.10 bits per heavy atom. The van der Waals surface area contributed by atoms with Gasteiger partial charge in [0.1, 0.15) is 0 Å². The highest BCUT2D eigenvalue weighted by atomic mass is 15.3. The van der Waals surface area contributed by atoms with Crippen LogP contribution in [0.4, 0.5) is 11.4 Å². The summed E-state index contributed by atoms with van der Waals surface area (Å²) in [4.78, 5) is 15.9. The van der Waals surface area contributed by atoms with Crippen molar-refractivity contribution >= 4 is 17.5 Å². The Morgan fingerprint density at radius 3 is 2.66 bits per heavy atom. The molecule has 0 spiro atoms. The lowest BCUT2D eigenvalue weighted by molar-refractivity contribution is 0.482. The molecule has 0 amide bonds. The van der Waals surface area contributed by atoms with Crippen molar-refractivity contribution in [2.75, 3.05) is 43.0 Å². The van der Waals surface area contributed by atoms with Crippen molar-refractivity contribution in [1.82, 2.24) is 14.9 Å². The second-order valence-corrected chi connectivity index (χ2v) is 7.54. The molecule has 3 heterocycles. The zero-order chi connectivity index (χ0) is 20.5. The maximum Gasteiger partial charge on any atom is 0.0859 e. The standard InChI is InChI=1S/C24H33N5/c1-4-27(3)17-8-6-5-7-10-23-24(11-9-14-26-23)28-18-19-29(21(2)20-28)22-12-15-25-16-13-22/h7-17,21H,4-6,18-20H2,1-3H3/b10-7+,17-8-. The molecule has 0 aromatic carbocycles. The maximum atomic E-state index is 4.64. The lowest BCUT2D eigenvalue weighted by Gasteiger charge is -2.42. The molecule has 0 radical (unpaired) electrons. The predicted molar refractivity (Wildman–Crippen MR) is 123 cm³/mol. The fraction of sp³-hybridized carbons (Fsp3) is 0.417. The van der Waals surface area contributed by atoms with E-state index in [-0.39, 0.29) is 0 Å². The molecule has 1 unspecified atom stereocenters. The monoisotopic (exact) mass is 391 g/mol. The Morgan fingerprint density at radius 2 is 1.90 bits per heavy atom. The number of nitrogens with zero attached hydrogens (tertiary/aromatic N) is 5. The predicted octanol–water partition coefficient (Wildman–Crippen LogP) is 4.45. The maximum absolute atomic E-state index is 4.64. The SMILES string of the molecule is CCN(C)/C=C\CC/C=C/c1ncccc1N1CCN(c2ccncc2)C(C)C1. The number of piperazine rings is 1. The van der Waals surface area contributed by atoms with Crippen molar-refractivity contribution in [1.29, 1.82) is 0 Å². The van der Waals surface area contributed by atoms with Gasteiger partial charge in [-0.1, -0.05) is 12.2 Å². The molecule has 154 valence electrons. The van der Waals surface area contributed by atoms with Gasteiger partial charge >= 0.3 is 0 Å². The third kappa shape index (κ3) is 5.83. The summed E-state index contributed by atoms with van der Waals surface area (Å²) in [5, 5.41) is 0. The molecule has 1 saturated heterocycles. The molecule has 1 aliphatic rings. The largest absolute Gasteiger partial charge is 0.381 e. The molecule has 1 atom stereocenters. The summed E-state index contributed by atoms with van der Waals surface area (Å²) in [6, 6.07) is 8.85. The van der Waals surface area contributed by atoms with Gasteiger partial charge in [0.2, 0.25) is 0 Å². The lowest BCUT2D eigenvalue weighted by atomic mass is 10.1. The average molecular weight is 392 g/mol. The van der Waals surface area contributed by atoms with Gasteiger partial charge in [-0.15, -0.1) is 0 Å². The zero-order valence-corrected chi connectivity index (χ0v) is 17.9. The number of allylic oxidation sites excluding steroid dienone is 2. The van der Waals surface area contributed by atoms with E-state index in [4.69, 9.17) is 0 Å². The summed E-state index contributed by atoms with van der Waals surface area (Å²) in [5.41, 5.74) is 3.54. The Balaban J connectivity index is 1.60. The van der Waals surface area contributed by atoms with Crippen molar-refractivity contribution in [2.45, 2.75) is 32.7 Å². The minimum Gasteiger partial charge on any atom is -0.381 e. The third-order valence-electron chi connectivity index (χ3n) is 5.41. The van der Waals surface area contributed by atoms with E-state index in [0.29, 0.717) is 6.04 Å². The number of rotatable bonds is 8. The molecule has 0 bridgehead atoms. The molecular formula is C24H33N5. The van der Waals surface area contributed by atoms with Gasteiger partial charge < -0.3 is 14.7 Å². The summed E-state index contributed by atoms with van der Waals surface area (Å²) >= 11 is 0. The van der Waals surface area contributed by atoms with Crippen LogP contribution >= 0.6 is 0 Å². The highest BCUT2D eigenvalue weighted by molar-refractivity contribution is 5.65. The molecule has 29 heavy (non-hydrogen) atoms. The molecule has 1 fully saturated rings. The molecule has 5 heteroatoms. The van der Waals surface area contributed by atoms with Crippen LogP contribution < -0.4 is 9.80 Å². The normalized spacial score (nSPS) is 17.4. The molecule has 1 aliphatic heterocycles. The van der Waals surface area contributed by atoms with E-state index in [1.165, 1.54) is 11.4 Å². The summed E-state index contributed by atoms with van der Waals surface area (Å²) in [6.45, 7) is 8.46. The first-order valence-electron chi connectivity index (χ1n) is 10.6. The summed E-state index contributed by atoms with van der Waals surface area (Å²) in [7, 11) is 2.10. The average Bonchev–Trinajstić information content (AvgIpc) is 2.76. The van der Waals surface area contributed by atoms with E-state index in [0.717, 1.165) is 44.7 Å². The van der Waals surface area contributed by atoms with Gasteiger partial charge in [-0.2, -0.15) is 0 Å². The van der Waals surface area contributed by atoms with Crippen molar-refractivity contribution in [2.24, 2.45) is 0 Å². The van der Waals surface area contributed by atoms with Crippen LogP contribution in [0.1, 0.15) is 32.4 Å². The minimum atomic E-state index is 0.434. The van der Waals surface area contributed by atoms with Crippen molar-refractivity contribution in [3.05, 3.63) is 66.9 Å². The molecule has 5 nitrogen and oxygen atoms in total. The van der Waals surface area contributed by atoms with Gasteiger partial charge in [0, 0.05) is 63.5 Å². The minimum absolute atomic E-state index is 0.434. The van der Waals surface area contributed by atoms with E-state index < -0.39 is 0 Å². The van der Waals surface area contributed by atoms with Crippen LogP contribution in [0.25, 0.3) is 6.08 Å². The fourth-order valence-electron chi connectivity index (χ4n) is 3.65. The van der Waals surface area contributed by atoms with E-state index in [1.807, 2.05) is 24.7 Å². The van der Waals surface area contributed by atoms with Crippen LogP contribution in [0.5, 0.6) is 0 Å². The Kier molecular flexibility index (Phi) is 7.68. The Bertz CT molecular complexity index is 802. The summed E-state index contributed by atoms with van der Waals surface area (Å²) in [5.74, 6) is 0. The van der Waals surface area contributed by atoms with Gasteiger partial charge in [0.25, 0.3) is 0 Å². The number of aromatic nitrogens is 2.